The Morgan fingerprint density at radius 3 is 2.81 bits per heavy atom. The van der Waals surface area contributed by atoms with Gasteiger partial charge in [-0.05, 0) is 26.7 Å². The molecule has 27 heavy (non-hydrogen) atoms. The van der Waals surface area contributed by atoms with E-state index in [0.29, 0.717) is 30.3 Å². The maximum absolute atomic E-state index is 13.1. The van der Waals surface area contributed by atoms with Crippen molar-refractivity contribution in [2.75, 3.05) is 29.9 Å². The third kappa shape index (κ3) is 3.27. The predicted octanol–water partition coefficient (Wildman–Crippen LogP) is -0.0689. The number of nitrogens with zero attached hydrogens (tertiary/aromatic N) is 4. The maximum atomic E-state index is 13.1. The van der Waals surface area contributed by atoms with Crippen molar-refractivity contribution < 1.29 is 4.84 Å². The number of anilines is 2. The van der Waals surface area contributed by atoms with Crippen LogP contribution < -0.4 is 27.4 Å². The normalized spacial score (nSPS) is 22.0. The van der Waals surface area contributed by atoms with Gasteiger partial charge in [-0.15, -0.1) is 5.92 Å². The van der Waals surface area contributed by atoms with Crippen LogP contribution in [0.25, 0.3) is 5.70 Å². The third-order valence-electron chi connectivity index (χ3n) is 5.05. The number of hydrogen-bond donors (Lipinski definition) is 2. The molecule has 0 bridgehead atoms. The lowest BCUT2D eigenvalue weighted by atomic mass is 10.1. The average molecular weight is 374 g/mol. The molecule has 3 rings (SSSR count). The lowest BCUT2D eigenvalue weighted by molar-refractivity contribution is -0.0102. The quantitative estimate of drug-likeness (QED) is 0.562. The van der Waals surface area contributed by atoms with E-state index in [-0.39, 0.29) is 12.4 Å². The van der Waals surface area contributed by atoms with Crippen molar-refractivity contribution in [3.05, 3.63) is 27.4 Å². The van der Waals surface area contributed by atoms with E-state index in [2.05, 4.69) is 28.6 Å². The Morgan fingerprint density at radius 2 is 2.19 bits per heavy atom. The molecule has 2 aliphatic heterocycles. The standard InChI is InChI=1S/C18H26N6O3/c1-5-6-10-23-14-15(21(4)18(26)24(12(2)3)16(14)25)20-17(23)22-9-7-8-13(11-22)27-19/h13,17,20H,2,7-11,19H2,1,3-4H3. The topological polar surface area (TPSA) is 97.8 Å². The van der Waals surface area contributed by atoms with Crippen LogP contribution in [0, 0.1) is 11.8 Å². The Labute approximate surface area is 157 Å². The average Bonchev–Trinajstić information content (AvgIpc) is 3.04. The molecule has 0 saturated carbocycles. The fourth-order valence-electron chi connectivity index (χ4n) is 3.70. The molecule has 1 fully saturated rings. The van der Waals surface area contributed by atoms with Crippen molar-refractivity contribution in [3.8, 4) is 11.8 Å². The highest BCUT2D eigenvalue weighted by Gasteiger charge is 2.39. The van der Waals surface area contributed by atoms with E-state index in [4.69, 9.17) is 10.7 Å². The Morgan fingerprint density at radius 1 is 1.44 bits per heavy atom. The summed E-state index contributed by atoms with van der Waals surface area (Å²) in [6.45, 7) is 8.97. The summed E-state index contributed by atoms with van der Waals surface area (Å²) in [6.07, 6.45) is 1.44. The smallest absolute Gasteiger partial charge is 0.336 e. The fraction of sp³-hybridized carbons (Fsp3) is 0.556. The van der Waals surface area contributed by atoms with Crippen LogP contribution in [0.15, 0.2) is 16.2 Å². The molecule has 1 saturated heterocycles. The second-order valence-corrected chi connectivity index (χ2v) is 6.88. The van der Waals surface area contributed by atoms with Gasteiger partial charge in [-0.3, -0.25) is 19.1 Å². The Hall–Kier alpha value is -2.54. The zero-order chi connectivity index (χ0) is 19.7. The molecule has 1 aromatic rings. The fourth-order valence-corrected chi connectivity index (χ4v) is 3.70. The van der Waals surface area contributed by atoms with Crippen molar-refractivity contribution in [2.24, 2.45) is 12.9 Å². The van der Waals surface area contributed by atoms with Crippen molar-refractivity contribution in [1.29, 1.82) is 0 Å². The lowest BCUT2D eigenvalue weighted by Gasteiger charge is -2.39. The molecule has 2 atom stereocenters. The number of fused-ring (bicyclic) bond motifs is 1. The second-order valence-electron chi connectivity index (χ2n) is 6.88. The van der Waals surface area contributed by atoms with E-state index < -0.39 is 11.2 Å². The molecule has 0 aromatic carbocycles. The van der Waals surface area contributed by atoms with Crippen LogP contribution in [0.4, 0.5) is 11.5 Å². The van der Waals surface area contributed by atoms with E-state index in [1.54, 1.807) is 20.9 Å². The van der Waals surface area contributed by atoms with Crippen LogP contribution in [0.1, 0.15) is 26.7 Å². The zero-order valence-electron chi connectivity index (χ0n) is 16.0. The number of nitrogens with two attached hydrogens (primary N) is 1. The van der Waals surface area contributed by atoms with E-state index in [9.17, 15) is 9.59 Å². The van der Waals surface area contributed by atoms with E-state index >= 15 is 0 Å². The van der Waals surface area contributed by atoms with Crippen molar-refractivity contribution >= 4 is 17.2 Å². The molecule has 0 radical (unpaired) electrons. The number of likely N-dealkylation sites (tertiary alicyclic amines) is 1. The van der Waals surface area contributed by atoms with Gasteiger partial charge in [-0.2, -0.15) is 0 Å². The molecule has 2 aliphatic rings. The molecule has 2 unspecified atom stereocenters. The molecule has 3 heterocycles. The first kappa shape index (κ1) is 19.2. The minimum atomic E-state index is -0.428. The molecule has 146 valence electrons. The SMILES string of the molecule is C=C(C)n1c(=O)c2c(n(C)c1=O)NC(N1CCCC(ON)C1)N2CC#CC. The number of piperidine rings is 1. The molecule has 0 amide bonds. The van der Waals surface area contributed by atoms with Gasteiger partial charge < -0.3 is 10.2 Å². The van der Waals surface area contributed by atoms with Crippen molar-refractivity contribution in [2.45, 2.75) is 39.1 Å². The minimum absolute atomic E-state index is 0.0701. The highest BCUT2D eigenvalue weighted by Crippen LogP contribution is 2.32. The molecule has 0 spiro atoms. The van der Waals surface area contributed by atoms with Gasteiger partial charge >= 0.3 is 5.69 Å². The highest BCUT2D eigenvalue weighted by molar-refractivity contribution is 5.73. The van der Waals surface area contributed by atoms with Crippen LogP contribution >= 0.6 is 0 Å². The Balaban J connectivity index is 2.10. The Bertz CT molecular complexity index is 922. The molecule has 1 aromatic heterocycles. The van der Waals surface area contributed by atoms with Gasteiger partial charge in [0.05, 0.1) is 12.6 Å². The molecular formula is C18H26N6O3. The summed E-state index contributed by atoms with van der Waals surface area (Å²) >= 11 is 0. The summed E-state index contributed by atoms with van der Waals surface area (Å²) in [6, 6.07) is 0. The summed E-state index contributed by atoms with van der Waals surface area (Å²) in [7, 11) is 1.64. The number of allylic oxidation sites excluding steroid dienone is 1. The largest absolute Gasteiger partial charge is 0.337 e. The first-order valence-corrected chi connectivity index (χ1v) is 8.95. The van der Waals surface area contributed by atoms with Crippen LogP contribution in [0.3, 0.4) is 0 Å². The molecule has 9 nitrogen and oxygen atoms in total. The van der Waals surface area contributed by atoms with Crippen molar-refractivity contribution in [3.63, 3.8) is 0 Å². The number of aromatic nitrogens is 2. The monoisotopic (exact) mass is 374 g/mol. The number of rotatable bonds is 4. The minimum Gasteiger partial charge on any atom is -0.337 e. The zero-order valence-corrected chi connectivity index (χ0v) is 16.0. The van der Waals surface area contributed by atoms with Gasteiger partial charge in [0.1, 0.15) is 11.5 Å². The first-order valence-electron chi connectivity index (χ1n) is 8.95. The summed E-state index contributed by atoms with van der Waals surface area (Å²) in [5.41, 5.74) is -0.0218. The van der Waals surface area contributed by atoms with Gasteiger partial charge in [0.2, 0.25) is 0 Å². The number of nitrogens with one attached hydrogen (secondary N) is 1. The predicted molar refractivity (Wildman–Crippen MR) is 105 cm³/mol. The Kier molecular flexibility index (Phi) is 5.41. The van der Waals surface area contributed by atoms with E-state index in [1.807, 2.05) is 4.90 Å². The summed E-state index contributed by atoms with van der Waals surface area (Å²) in [5.74, 6) is 11.8. The third-order valence-corrected chi connectivity index (χ3v) is 5.05. The molecular weight excluding hydrogens is 348 g/mol. The van der Waals surface area contributed by atoms with Gasteiger partial charge in [-0.25, -0.2) is 15.3 Å². The summed E-state index contributed by atoms with van der Waals surface area (Å²) in [4.78, 5) is 34.8. The summed E-state index contributed by atoms with van der Waals surface area (Å²) in [5, 5.41) is 3.33. The van der Waals surface area contributed by atoms with E-state index in [0.717, 1.165) is 24.0 Å². The molecule has 3 N–H and O–H groups in total. The van der Waals surface area contributed by atoms with Crippen LogP contribution in [0.5, 0.6) is 0 Å². The van der Waals surface area contributed by atoms with Crippen LogP contribution in [0.2, 0.25) is 0 Å². The van der Waals surface area contributed by atoms with Gasteiger partial charge in [0.15, 0.2) is 6.29 Å². The van der Waals surface area contributed by atoms with E-state index in [1.165, 1.54) is 4.57 Å². The van der Waals surface area contributed by atoms with Gasteiger partial charge in [-0.1, -0.05) is 12.5 Å². The van der Waals surface area contributed by atoms with Gasteiger partial charge in [0.25, 0.3) is 5.56 Å². The van der Waals surface area contributed by atoms with Gasteiger partial charge in [0, 0.05) is 25.8 Å². The maximum Gasteiger partial charge on any atom is 0.336 e. The summed E-state index contributed by atoms with van der Waals surface area (Å²) < 4.78 is 2.54. The first-order chi connectivity index (χ1) is 12.9. The highest BCUT2D eigenvalue weighted by atomic mass is 16.6. The molecule has 9 heteroatoms. The second kappa shape index (κ2) is 7.60. The lowest BCUT2D eigenvalue weighted by Crippen LogP contribution is -2.55. The van der Waals surface area contributed by atoms with Crippen molar-refractivity contribution in [1.82, 2.24) is 14.0 Å². The number of hydrogen-bond acceptors (Lipinski definition) is 7. The van der Waals surface area contributed by atoms with Crippen LogP contribution in [-0.4, -0.2) is 46.1 Å². The molecule has 0 aliphatic carbocycles. The van der Waals surface area contributed by atoms with Crippen LogP contribution in [-0.2, 0) is 11.9 Å².